The van der Waals surface area contributed by atoms with Gasteiger partial charge in [0.2, 0.25) is 0 Å². The average Bonchev–Trinajstić information content (AvgIpc) is 3.51. The molecule has 0 N–H and O–H groups in total. The molecule has 3 aromatic carbocycles. The fourth-order valence-electron chi connectivity index (χ4n) is 4.90. The van der Waals surface area contributed by atoms with Crippen molar-refractivity contribution in [1.82, 2.24) is 0 Å². The minimum absolute atomic E-state index is 0.0369. The van der Waals surface area contributed by atoms with Gasteiger partial charge in [-0.15, -0.1) is 0 Å². The second-order valence-electron chi connectivity index (χ2n) is 11.3. The van der Waals surface area contributed by atoms with Crippen molar-refractivity contribution in [2.75, 3.05) is 19.8 Å². The molecule has 3 atom stereocenters. The van der Waals surface area contributed by atoms with E-state index in [4.69, 9.17) is 28.4 Å². The minimum Gasteiger partial charge on any atom is -0.374 e. The summed E-state index contributed by atoms with van der Waals surface area (Å²) in [4.78, 5) is 0. The second-order valence-corrected chi connectivity index (χ2v) is 11.9. The molecule has 2 aliphatic rings. The molecular formula is C33H39BrO6. The van der Waals surface area contributed by atoms with Crippen molar-refractivity contribution in [3.8, 4) is 0 Å². The second kappa shape index (κ2) is 12.8. The number of hydrogen-bond acceptors (Lipinski definition) is 6. The van der Waals surface area contributed by atoms with Gasteiger partial charge in [-0.2, -0.15) is 0 Å². The molecular weight excluding hydrogens is 572 g/mol. The first-order valence-electron chi connectivity index (χ1n) is 13.8. The van der Waals surface area contributed by atoms with Crippen LogP contribution in [0.4, 0.5) is 0 Å². The highest BCUT2D eigenvalue weighted by Gasteiger charge is 2.34. The smallest absolute Gasteiger partial charge is 0.163 e. The van der Waals surface area contributed by atoms with Gasteiger partial charge >= 0.3 is 0 Å². The van der Waals surface area contributed by atoms with Gasteiger partial charge in [0.1, 0.15) is 18.3 Å². The first-order valence-corrected chi connectivity index (χ1v) is 15.0. The third-order valence-electron chi connectivity index (χ3n) is 7.21. The van der Waals surface area contributed by atoms with Crippen LogP contribution in [0.15, 0.2) is 72.8 Å². The standard InChI is InChI=1S/C33H39BrO6/c1-32(2)37-21-30(39-32)27-13-7-24(8-14-27)18-35-20-29(26-11-5-23(17-34)6-12-26)36-19-25-9-15-28(16-10-25)31-22-38-33(3,4)40-31/h5-16,29-31H,17-22H2,1-4H3. The van der Waals surface area contributed by atoms with Crippen LogP contribution in [0.3, 0.4) is 0 Å². The monoisotopic (exact) mass is 610 g/mol. The molecule has 5 rings (SSSR count). The number of rotatable bonds is 11. The van der Waals surface area contributed by atoms with E-state index in [1.165, 1.54) is 5.56 Å². The molecule has 2 saturated heterocycles. The number of halogens is 1. The summed E-state index contributed by atoms with van der Waals surface area (Å²) in [5.41, 5.74) is 6.75. The van der Waals surface area contributed by atoms with E-state index in [0.717, 1.165) is 33.1 Å². The molecule has 0 amide bonds. The molecule has 40 heavy (non-hydrogen) atoms. The lowest BCUT2D eigenvalue weighted by atomic mass is 10.1. The molecule has 2 aliphatic heterocycles. The lowest BCUT2D eigenvalue weighted by Gasteiger charge is -2.20. The molecule has 214 valence electrons. The van der Waals surface area contributed by atoms with Gasteiger partial charge in [-0.1, -0.05) is 88.7 Å². The number of benzene rings is 3. The summed E-state index contributed by atoms with van der Waals surface area (Å²) in [7, 11) is 0. The average molecular weight is 612 g/mol. The van der Waals surface area contributed by atoms with Crippen molar-refractivity contribution in [2.24, 2.45) is 0 Å². The Hall–Kier alpha value is -2.10. The molecule has 6 nitrogen and oxygen atoms in total. The van der Waals surface area contributed by atoms with E-state index in [-0.39, 0.29) is 18.3 Å². The van der Waals surface area contributed by atoms with Gasteiger partial charge in [-0.3, -0.25) is 0 Å². The normalized spacial score (nSPS) is 22.4. The minimum atomic E-state index is -0.539. The van der Waals surface area contributed by atoms with Crippen LogP contribution in [0.25, 0.3) is 0 Å². The van der Waals surface area contributed by atoms with Crippen LogP contribution in [0.5, 0.6) is 0 Å². The summed E-state index contributed by atoms with van der Waals surface area (Å²) in [5.74, 6) is -1.07. The van der Waals surface area contributed by atoms with E-state index in [9.17, 15) is 0 Å². The van der Waals surface area contributed by atoms with Crippen LogP contribution in [-0.4, -0.2) is 31.4 Å². The van der Waals surface area contributed by atoms with Crippen LogP contribution < -0.4 is 0 Å². The van der Waals surface area contributed by atoms with Crippen LogP contribution >= 0.6 is 15.9 Å². The van der Waals surface area contributed by atoms with Crippen LogP contribution in [0, 0.1) is 0 Å². The van der Waals surface area contributed by atoms with Gasteiger partial charge in [-0.05, 0) is 61.1 Å². The third-order valence-corrected chi connectivity index (χ3v) is 7.86. The molecule has 2 heterocycles. The van der Waals surface area contributed by atoms with Crippen molar-refractivity contribution in [3.63, 3.8) is 0 Å². The first kappa shape index (κ1) is 29.4. The molecule has 0 aromatic heterocycles. The summed E-state index contributed by atoms with van der Waals surface area (Å²) in [6.45, 7) is 10.3. The van der Waals surface area contributed by atoms with E-state index in [2.05, 4.69) is 88.7 Å². The van der Waals surface area contributed by atoms with Gasteiger partial charge in [0.15, 0.2) is 11.6 Å². The molecule has 3 aromatic rings. The zero-order valence-corrected chi connectivity index (χ0v) is 25.3. The third kappa shape index (κ3) is 7.79. The maximum atomic E-state index is 6.41. The Labute approximate surface area is 246 Å². The van der Waals surface area contributed by atoms with Gasteiger partial charge in [0.25, 0.3) is 0 Å². The van der Waals surface area contributed by atoms with E-state index < -0.39 is 11.6 Å². The first-order chi connectivity index (χ1) is 19.2. The Morgan fingerprint density at radius 3 is 1.62 bits per heavy atom. The summed E-state index contributed by atoms with van der Waals surface area (Å²) < 4.78 is 35.9. The fraction of sp³-hybridized carbons (Fsp3) is 0.455. The lowest BCUT2D eigenvalue weighted by Crippen LogP contribution is -2.19. The molecule has 0 radical (unpaired) electrons. The summed E-state index contributed by atoms with van der Waals surface area (Å²) in [5, 5.41) is 0.820. The maximum absolute atomic E-state index is 6.41. The molecule has 0 aliphatic carbocycles. The van der Waals surface area contributed by atoms with E-state index >= 15 is 0 Å². The zero-order valence-electron chi connectivity index (χ0n) is 23.7. The predicted molar refractivity (Wildman–Crippen MR) is 157 cm³/mol. The van der Waals surface area contributed by atoms with Crippen LogP contribution in [0.2, 0.25) is 0 Å². The Morgan fingerprint density at radius 1 is 0.700 bits per heavy atom. The Kier molecular flexibility index (Phi) is 9.42. The number of hydrogen-bond donors (Lipinski definition) is 0. The molecule has 0 saturated carbocycles. The number of ether oxygens (including phenoxy) is 6. The van der Waals surface area contributed by atoms with E-state index in [1.807, 2.05) is 27.7 Å². The van der Waals surface area contributed by atoms with Crippen molar-refractivity contribution in [1.29, 1.82) is 0 Å². The van der Waals surface area contributed by atoms with Gasteiger partial charge in [0.05, 0.1) is 33.0 Å². The van der Waals surface area contributed by atoms with Crippen molar-refractivity contribution < 1.29 is 28.4 Å². The van der Waals surface area contributed by atoms with Crippen LogP contribution in [0.1, 0.15) is 79.4 Å². The van der Waals surface area contributed by atoms with E-state index in [1.54, 1.807) is 0 Å². The van der Waals surface area contributed by atoms with Crippen LogP contribution in [-0.2, 0) is 47.0 Å². The summed E-state index contributed by atoms with van der Waals surface area (Å²) in [6.07, 6.45) is -0.272. The number of alkyl halides is 1. The molecule has 3 unspecified atom stereocenters. The summed E-state index contributed by atoms with van der Waals surface area (Å²) >= 11 is 3.53. The quantitative estimate of drug-likeness (QED) is 0.207. The van der Waals surface area contributed by atoms with Crippen molar-refractivity contribution in [3.05, 3.63) is 106 Å². The lowest BCUT2D eigenvalue weighted by molar-refractivity contribution is -0.139. The molecule has 0 bridgehead atoms. The Morgan fingerprint density at radius 2 is 1.18 bits per heavy atom. The maximum Gasteiger partial charge on any atom is 0.163 e. The fourth-order valence-corrected chi connectivity index (χ4v) is 5.28. The predicted octanol–water partition coefficient (Wildman–Crippen LogP) is 7.70. The highest BCUT2D eigenvalue weighted by Crippen LogP contribution is 2.34. The summed E-state index contributed by atoms with van der Waals surface area (Å²) in [6, 6.07) is 25.2. The molecule has 0 spiro atoms. The van der Waals surface area contributed by atoms with Crippen molar-refractivity contribution >= 4 is 15.9 Å². The highest BCUT2D eigenvalue weighted by molar-refractivity contribution is 9.08. The van der Waals surface area contributed by atoms with E-state index in [0.29, 0.717) is 33.0 Å². The SMILES string of the molecule is CC1(C)OCC(c2ccc(COCC(OCc3ccc(C4COC(C)(C)O4)cc3)c3ccc(CBr)cc3)cc2)O1. The van der Waals surface area contributed by atoms with Gasteiger partial charge in [-0.25, -0.2) is 0 Å². The Bertz CT molecular complexity index is 1220. The zero-order chi connectivity index (χ0) is 28.2. The topological polar surface area (TPSA) is 55.4 Å². The largest absolute Gasteiger partial charge is 0.374 e. The molecule has 2 fully saturated rings. The van der Waals surface area contributed by atoms with Gasteiger partial charge < -0.3 is 28.4 Å². The van der Waals surface area contributed by atoms with Gasteiger partial charge in [0, 0.05) is 5.33 Å². The Balaban J connectivity index is 1.17. The highest BCUT2D eigenvalue weighted by atomic mass is 79.9. The molecule has 7 heteroatoms. The van der Waals surface area contributed by atoms with Crippen molar-refractivity contribution in [2.45, 2.75) is 76.1 Å².